The fourth-order valence-electron chi connectivity index (χ4n) is 5.28. The van der Waals surface area contributed by atoms with Crippen molar-refractivity contribution in [2.75, 3.05) is 13.1 Å². The molecular formula is C34H38N6O8. The molecule has 0 unspecified atom stereocenters. The van der Waals surface area contributed by atoms with Gasteiger partial charge in [-0.2, -0.15) is 0 Å². The molecule has 48 heavy (non-hydrogen) atoms. The monoisotopic (exact) mass is 658 g/mol. The SMILES string of the molecule is C[C@@H](NC(=O)[C@H](Cc1ccc(O)cc1)NC(=O)[C@@H]1CCCN1C(=O)c1cccnc1)C(=O)NCC(=O)N[C@@H](Cc1ccccc1)C(=O)O. The van der Waals surface area contributed by atoms with Crippen molar-refractivity contribution in [1.82, 2.24) is 31.2 Å². The molecule has 0 radical (unpaired) electrons. The maximum Gasteiger partial charge on any atom is 0.326 e. The molecule has 0 bridgehead atoms. The second kappa shape index (κ2) is 16.7. The predicted octanol–water partition coefficient (Wildman–Crippen LogP) is 0.552. The lowest BCUT2D eigenvalue weighted by Crippen LogP contribution is -2.57. The van der Waals surface area contributed by atoms with Gasteiger partial charge in [0.25, 0.3) is 5.91 Å². The maximum atomic E-state index is 13.5. The van der Waals surface area contributed by atoms with Gasteiger partial charge in [-0.1, -0.05) is 42.5 Å². The van der Waals surface area contributed by atoms with Crippen molar-refractivity contribution in [2.45, 2.75) is 56.8 Å². The largest absolute Gasteiger partial charge is 0.508 e. The number of aromatic nitrogens is 1. The Labute approximate surface area is 276 Å². The molecule has 0 spiro atoms. The number of aromatic hydroxyl groups is 1. The minimum atomic E-state index is -1.23. The molecule has 2 heterocycles. The van der Waals surface area contributed by atoms with E-state index >= 15 is 0 Å². The van der Waals surface area contributed by atoms with E-state index in [1.165, 1.54) is 36.4 Å². The Morgan fingerprint density at radius 1 is 0.854 bits per heavy atom. The minimum absolute atomic E-state index is 0.00978. The summed E-state index contributed by atoms with van der Waals surface area (Å²) in [5, 5.41) is 29.3. The van der Waals surface area contributed by atoms with Crippen LogP contribution in [0, 0.1) is 0 Å². The first-order chi connectivity index (χ1) is 23.0. The summed E-state index contributed by atoms with van der Waals surface area (Å²) in [7, 11) is 0. The number of nitrogens with one attached hydrogen (secondary N) is 4. The third-order valence-electron chi connectivity index (χ3n) is 7.83. The molecule has 0 saturated carbocycles. The molecule has 2 aromatic carbocycles. The topological polar surface area (TPSA) is 207 Å². The van der Waals surface area contributed by atoms with Crippen LogP contribution in [0.4, 0.5) is 0 Å². The van der Waals surface area contributed by atoms with Gasteiger partial charge in [-0.25, -0.2) is 4.79 Å². The van der Waals surface area contributed by atoms with Crippen molar-refractivity contribution in [3.8, 4) is 5.75 Å². The number of likely N-dealkylation sites (tertiary alicyclic amines) is 1. The number of carbonyl (C=O) groups excluding carboxylic acids is 5. The lowest BCUT2D eigenvalue weighted by molar-refractivity contribution is -0.141. The molecule has 14 heteroatoms. The summed E-state index contributed by atoms with van der Waals surface area (Å²) in [5.41, 5.74) is 1.65. The Morgan fingerprint density at radius 2 is 1.54 bits per heavy atom. The summed E-state index contributed by atoms with van der Waals surface area (Å²) in [4.78, 5) is 82.4. The van der Waals surface area contributed by atoms with E-state index in [0.717, 1.165) is 0 Å². The lowest BCUT2D eigenvalue weighted by atomic mass is 10.0. The number of aliphatic carboxylic acids is 1. The molecule has 4 rings (SSSR count). The molecule has 1 aliphatic heterocycles. The lowest BCUT2D eigenvalue weighted by Gasteiger charge is -2.27. The number of carbonyl (C=O) groups is 6. The van der Waals surface area contributed by atoms with Gasteiger partial charge in [-0.05, 0) is 55.2 Å². The number of pyridine rings is 1. The number of hydrogen-bond acceptors (Lipinski definition) is 8. The van der Waals surface area contributed by atoms with E-state index in [4.69, 9.17) is 0 Å². The number of carboxylic acids is 1. The summed E-state index contributed by atoms with van der Waals surface area (Å²) in [6.07, 6.45) is 3.99. The zero-order valence-corrected chi connectivity index (χ0v) is 26.3. The van der Waals surface area contributed by atoms with Crippen molar-refractivity contribution < 1.29 is 39.0 Å². The van der Waals surface area contributed by atoms with E-state index in [-0.39, 0.29) is 24.5 Å². The number of benzene rings is 2. The van der Waals surface area contributed by atoms with Crippen LogP contribution in [0.15, 0.2) is 79.1 Å². The van der Waals surface area contributed by atoms with Crippen molar-refractivity contribution in [3.05, 3.63) is 95.8 Å². The number of carboxylic acid groups (broad SMARTS) is 1. The van der Waals surface area contributed by atoms with E-state index in [1.807, 2.05) is 0 Å². The molecule has 6 N–H and O–H groups in total. The van der Waals surface area contributed by atoms with Crippen LogP contribution in [0.2, 0.25) is 0 Å². The summed E-state index contributed by atoms with van der Waals surface area (Å²) in [5.74, 6) is -4.26. The highest BCUT2D eigenvalue weighted by molar-refractivity contribution is 5.99. The zero-order chi connectivity index (χ0) is 34.6. The molecule has 5 amide bonds. The van der Waals surface area contributed by atoms with Crippen LogP contribution in [-0.4, -0.2) is 92.9 Å². The second-order valence-corrected chi connectivity index (χ2v) is 11.4. The molecule has 0 aliphatic carbocycles. The maximum absolute atomic E-state index is 13.5. The Hall–Kier alpha value is -5.79. The van der Waals surface area contributed by atoms with E-state index in [9.17, 15) is 39.0 Å². The zero-order valence-electron chi connectivity index (χ0n) is 26.3. The molecular weight excluding hydrogens is 620 g/mol. The number of hydrogen-bond donors (Lipinski definition) is 6. The van der Waals surface area contributed by atoms with Gasteiger partial charge in [0.15, 0.2) is 0 Å². The summed E-state index contributed by atoms with van der Waals surface area (Å²) < 4.78 is 0. The van der Waals surface area contributed by atoms with Gasteiger partial charge in [0.2, 0.25) is 23.6 Å². The smallest absolute Gasteiger partial charge is 0.326 e. The quantitative estimate of drug-likeness (QED) is 0.143. The Bertz CT molecular complexity index is 1600. The van der Waals surface area contributed by atoms with Gasteiger partial charge in [0.1, 0.15) is 29.9 Å². The molecule has 252 valence electrons. The first-order valence-electron chi connectivity index (χ1n) is 15.4. The average Bonchev–Trinajstić information content (AvgIpc) is 3.58. The molecule has 1 fully saturated rings. The molecule has 1 saturated heterocycles. The normalized spacial score (nSPS) is 15.8. The summed E-state index contributed by atoms with van der Waals surface area (Å²) in [6, 6.07) is 13.7. The summed E-state index contributed by atoms with van der Waals surface area (Å²) >= 11 is 0. The third-order valence-corrected chi connectivity index (χ3v) is 7.83. The molecule has 14 nitrogen and oxygen atoms in total. The van der Waals surface area contributed by atoms with Crippen molar-refractivity contribution in [3.63, 3.8) is 0 Å². The van der Waals surface area contributed by atoms with Crippen LogP contribution < -0.4 is 21.3 Å². The van der Waals surface area contributed by atoms with Gasteiger partial charge < -0.3 is 36.4 Å². The number of phenols is 1. The number of nitrogens with zero attached hydrogens (tertiary/aromatic N) is 2. The van der Waals surface area contributed by atoms with Crippen molar-refractivity contribution in [2.24, 2.45) is 0 Å². The summed E-state index contributed by atoms with van der Waals surface area (Å²) in [6.45, 7) is 1.21. The standard InChI is InChI=1S/C34H38N6O8/c1-21(30(43)36-20-29(42)38-27(34(47)48)18-22-7-3-2-4-8-22)37-31(44)26(17-23-11-13-25(41)14-12-23)39-32(45)28-10-6-16-40(28)33(46)24-9-5-15-35-19-24/h2-5,7-9,11-15,19,21,26-28,41H,6,10,16-18,20H2,1H3,(H,36,43)(H,37,44)(H,38,42)(H,39,45)(H,47,48)/t21-,26+,27+,28+/m1/s1. The minimum Gasteiger partial charge on any atom is -0.508 e. The highest BCUT2D eigenvalue weighted by Gasteiger charge is 2.36. The first-order valence-corrected chi connectivity index (χ1v) is 15.4. The highest BCUT2D eigenvalue weighted by atomic mass is 16.4. The number of rotatable bonds is 14. The first kappa shape index (κ1) is 35.1. The molecule has 1 aliphatic rings. The Balaban J connectivity index is 1.37. The van der Waals surface area contributed by atoms with Gasteiger partial charge in [0.05, 0.1) is 12.1 Å². The van der Waals surface area contributed by atoms with E-state index < -0.39 is 60.3 Å². The Kier molecular flexibility index (Phi) is 12.2. The highest BCUT2D eigenvalue weighted by Crippen LogP contribution is 2.21. The van der Waals surface area contributed by atoms with Crippen molar-refractivity contribution >= 4 is 35.5 Å². The van der Waals surface area contributed by atoms with Crippen LogP contribution in [0.5, 0.6) is 5.75 Å². The van der Waals surface area contributed by atoms with E-state index in [1.54, 1.807) is 54.6 Å². The van der Waals surface area contributed by atoms with Gasteiger partial charge in [-0.3, -0.25) is 29.0 Å². The van der Waals surface area contributed by atoms with Gasteiger partial charge in [-0.15, -0.1) is 0 Å². The average molecular weight is 659 g/mol. The molecule has 1 aromatic heterocycles. The van der Waals surface area contributed by atoms with Crippen LogP contribution in [0.1, 0.15) is 41.3 Å². The fraction of sp³-hybridized carbons (Fsp3) is 0.324. The van der Waals surface area contributed by atoms with Crippen LogP contribution >= 0.6 is 0 Å². The number of phenolic OH excluding ortho intramolecular Hbond substituents is 1. The third kappa shape index (κ3) is 9.85. The van der Waals surface area contributed by atoms with E-state index in [0.29, 0.717) is 36.1 Å². The fourth-order valence-corrected chi connectivity index (χ4v) is 5.28. The van der Waals surface area contributed by atoms with Crippen LogP contribution in [-0.2, 0) is 36.8 Å². The second-order valence-electron chi connectivity index (χ2n) is 11.4. The van der Waals surface area contributed by atoms with Crippen molar-refractivity contribution in [1.29, 1.82) is 0 Å². The van der Waals surface area contributed by atoms with Crippen LogP contribution in [0.25, 0.3) is 0 Å². The van der Waals surface area contributed by atoms with Crippen LogP contribution in [0.3, 0.4) is 0 Å². The van der Waals surface area contributed by atoms with E-state index in [2.05, 4.69) is 26.3 Å². The Morgan fingerprint density at radius 3 is 2.21 bits per heavy atom. The molecule has 4 atom stereocenters. The van der Waals surface area contributed by atoms with Gasteiger partial charge in [0, 0.05) is 31.8 Å². The number of amides is 5. The predicted molar refractivity (Wildman–Crippen MR) is 172 cm³/mol. The van der Waals surface area contributed by atoms with Gasteiger partial charge >= 0.3 is 5.97 Å². The molecule has 3 aromatic rings.